The number of aromatic nitrogens is 2. The molecule has 0 aliphatic rings. The molecule has 156 valence electrons. The summed E-state index contributed by atoms with van der Waals surface area (Å²) in [5, 5.41) is 3.85. The minimum atomic E-state index is -0.306. The third-order valence-corrected chi connectivity index (χ3v) is 6.13. The Morgan fingerprint density at radius 3 is 2.71 bits per heavy atom. The van der Waals surface area contributed by atoms with Crippen LogP contribution in [-0.4, -0.2) is 15.5 Å². The summed E-state index contributed by atoms with van der Waals surface area (Å²) in [4.78, 5) is 28.8. The first-order valence-electron chi connectivity index (χ1n) is 9.40. The number of hydrogen-bond acceptors (Lipinski definition) is 3. The average molecular weight is 515 g/mol. The second-order valence-corrected chi connectivity index (χ2v) is 8.84. The molecular formula is C23H17BrClN3O2S. The highest BCUT2D eigenvalue weighted by molar-refractivity contribution is 9.10. The van der Waals surface area contributed by atoms with E-state index < -0.39 is 0 Å². The Balaban J connectivity index is 1.66. The molecule has 0 saturated heterocycles. The molecule has 4 rings (SSSR count). The summed E-state index contributed by atoms with van der Waals surface area (Å²) in [5.41, 5.74) is 3.17. The van der Waals surface area contributed by atoms with Gasteiger partial charge in [-0.1, -0.05) is 45.7 Å². The fourth-order valence-corrected chi connectivity index (χ4v) is 4.12. The van der Waals surface area contributed by atoms with Crippen molar-refractivity contribution in [3.63, 3.8) is 0 Å². The number of aryl methyl sites for hydroxylation is 1. The number of anilines is 1. The van der Waals surface area contributed by atoms with E-state index in [2.05, 4.69) is 26.2 Å². The Labute approximate surface area is 196 Å². The van der Waals surface area contributed by atoms with E-state index in [1.807, 2.05) is 37.3 Å². The summed E-state index contributed by atoms with van der Waals surface area (Å²) < 4.78 is 2.73. The zero-order valence-corrected chi connectivity index (χ0v) is 19.6. The van der Waals surface area contributed by atoms with Gasteiger partial charge in [0.15, 0.2) is 4.77 Å². The monoisotopic (exact) mass is 513 g/mol. The van der Waals surface area contributed by atoms with Crippen LogP contribution < -0.4 is 10.9 Å². The van der Waals surface area contributed by atoms with E-state index in [1.165, 1.54) is 4.57 Å². The van der Waals surface area contributed by atoms with Gasteiger partial charge in [-0.25, -0.2) is 0 Å². The van der Waals surface area contributed by atoms with Crippen molar-refractivity contribution < 1.29 is 4.79 Å². The number of hydrogen-bond donors (Lipinski definition) is 2. The van der Waals surface area contributed by atoms with Crippen molar-refractivity contribution in [2.24, 2.45) is 0 Å². The Morgan fingerprint density at radius 1 is 1.16 bits per heavy atom. The van der Waals surface area contributed by atoms with E-state index in [9.17, 15) is 9.59 Å². The van der Waals surface area contributed by atoms with Gasteiger partial charge >= 0.3 is 0 Å². The highest BCUT2D eigenvalue weighted by Crippen LogP contribution is 2.21. The lowest BCUT2D eigenvalue weighted by Crippen LogP contribution is -2.23. The maximum Gasteiger partial charge on any atom is 0.262 e. The number of benzene rings is 3. The molecule has 1 aromatic heterocycles. The Kier molecular flexibility index (Phi) is 6.09. The quantitative estimate of drug-likeness (QED) is 0.324. The number of carbonyl (C=O) groups is 1. The van der Waals surface area contributed by atoms with Crippen LogP contribution in [0.25, 0.3) is 10.9 Å². The maximum atomic E-state index is 13.0. The minimum absolute atomic E-state index is 0.212. The van der Waals surface area contributed by atoms with Crippen LogP contribution in [-0.2, 0) is 6.54 Å². The Hall–Kier alpha value is -2.74. The molecule has 1 amide bonds. The molecule has 5 nitrogen and oxygen atoms in total. The maximum absolute atomic E-state index is 13.0. The highest BCUT2D eigenvalue weighted by atomic mass is 79.9. The van der Waals surface area contributed by atoms with Gasteiger partial charge in [0, 0.05) is 20.7 Å². The van der Waals surface area contributed by atoms with E-state index in [-0.39, 0.29) is 11.5 Å². The SMILES string of the molecule is Cc1ccc(NC(=O)c2ccc3c(=O)n(Cc4cccc(Br)c4)c(=S)[nH]c3c2)cc1Cl. The minimum Gasteiger partial charge on any atom is -0.332 e. The van der Waals surface area contributed by atoms with Gasteiger partial charge in [-0.15, -0.1) is 0 Å². The fourth-order valence-electron chi connectivity index (χ4n) is 3.23. The number of amides is 1. The number of halogens is 2. The molecular weight excluding hydrogens is 498 g/mol. The van der Waals surface area contributed by atoms with Gasteiger partial charge in [-0.2, -0.15) is 0 Å². The van der Waals surface area contributed by atoms with Crippen molar-refractivity contribution in [3.05, 3.63) is 102 Å². The predicted molar refractivity (Wildman–Crippen MR) is 131 cm³/mol. The topological polar surface area (TPSA) is 66.9 Å². The number of nitrogens with one attached hydrogen (secondary N) is 2. The van der Waals surface area contributed by atoms with Crippen LogP contribution in [0.15, 0.2) is 69.9 Å². The first kappa shape index (κ1) is 21.5. The molecule has 0 fully saturated rings. The summed E-state index contributed by atoms with van der Waals surface area (Å²) in [6.07, 6.45) is 0. The Morgan fingerprint density at radius 2 is 1.97 bits per heavy atom. The molecule has 0 unspecified atom stereocenters. The number of aromatic amines is 1. The average Bonchev–Trinajstić information content (AvgIpc) is 2.73. The third kappa shape index (κ3) is 4.63. The van der Waals surface area contributed by atoms with Crippen LogP contribution in [0.3, 0.4) is 0 Å². The fraction of sp³-hybridized carbons (Fsp3) is 0.0870. The first-order chi connectivity index (χ1) is 14.8. The molecule has 0 bridgehead atoms. The molecule has 0 atom stereocenters. The Bertz CT molecular complexity index is 1450. The number of nitrogens with zero attached hydrogens (tertiary/aromatic N) is 1. The zero-order chi connectivity index (χ0) is 22.1. The van der Waals surface area contributed by atoms with Crippen LogP contribution in [0.2, 0.25) is 5.02 Å². The standard InChI is InChI=1S/C23H17BrClN3O2S/c1-13-5-7-17(11-19(13)25)26-21(29)15-6-8-18-20(10-15)27-23(31)28(22(18)30)12-14-3-2-4-16(24)9-14/h2-11H,12H2,1H3,(H,26,29)(H,27,31). The van der Waals surface area contributed by atoms with E-state index in [0.29, 0.717) is 38.5 Å². The van der Waals surface area contributed by atoms with Crippen molar-refractivity contribution in [2.75, 3.05) is 5.32 Å². The molecule has 2 N–H and O–H groups in total. The van der Waals surface area contributed by atoms with Crippen molar-refractivity contribution in [2.45, 2.75) is 13.5 Å². The molecule has 0 aliphatic carbocycles. The van der Waals surface area contributed by atoms with Crippen molar-refractivity contribution >= 4 is 62.2 Å². The number of rotatable bonds is 4. The van der Waals surface area contributed by atoms with Crippen molar-refractivity contribution in [3.8, 4) is 0 Å². The van der Waals surface area contributed by atoms with Crippen LogP contribution >= 0.6 is 39.7 Å². The van der Waals surface area contributed by atoms with Crippen molar-refractivity contribution in [1.82, 2.24) is 9.55 Å². The second-order valence-electron chi connectivity index (χ2n) is 7.13. The second kappa shape index (κ2) is 8.78. The largest absolute Gasteiger partial charge is 0.332 e. The van der Waals surface area contributed by atoms with Crippen LogP contribution in [0.5, 0.6) is 0 Å². The normalized spacial score (nSPS) is 10.9. The molecule has 31 heavy (non-hydrogen) atoms. The molecule has 0 aliphatic heterocycles. The van der Waals surface area contributed by atoms with E-state index in [1.54, 1.807) is 30.3 Å². The lowest BCUT2D eigenvalue weighted by Gasteiger charge is -2.10. The summed E-state index contributed by atoms with van der Waals surface area (Å²) >= 11 is 15.0. The lowest BCUT2D eigenvalue weighted by molar-refractivity contribution is 0.102. The van der Waals surface area contributed by atoms with Gasteiger partial charge in [0.05, 0.1) is 17.4 Å². The summed E-state index contributed by atoms with van der Waals surface area (Å²) in [5.74, 6) is -0.306. The van der Waals surface area contributed by atoms with Gasteiger partial charge < -0.3 is 10.3 Å². The smallest absolute Gasteiger partial charge is 0.262 e. The van der Waals surface area contributed by atoms with Crippen LogP contribution in [0.4, 0.5) is 5.69 Å². The third-order valence-electron chi connectivity index (χ3n) is 4.90. The summed E-state index contributed by atoms with van der Waals surface area (Å²) in [6, 6.07) is 17.9. The van der Waals surface area contributed by atoms with E-state index >= 15 is 0 Å². The number of fused-ring (bicyclic) bond motifs is 1. The first-order valence-corrected chi connectivity index (χ1v) is 11.0. The zero-order valence-electron chi connectivity index (χ0n) is 16.4. The molecule has 1 heterocycles. The van der Waals surface area contributed by atoms with Crippen LogP contribution in [0, 0.1) is 11.7 Å². The molecule has 0 saturated carbocycles. The molecule has 4 aromatic rings. The number of carbonyl (C=O) groups excluding carboxylic acids is 1. The summed E-state index contributed by atoms with van der Waals surface area (Å²) in [6.45, 7) is 2.24. The lowest BCUT2D eigenvalue weighted by atomic mass is 10.1. The van der Waals surface area contributed by atoms with Gasteiger partial charge in [-0.3, -0.25) is 14.2 Å². The van der Waals surface area contributed by atoms with E-state index in [4.69, 9.17) is 23.8 Å². The van der Waals surface area contributed by atoms with Gasteiger partial charge in [0.1, 0.15) is 0 Å². The predicted octanol–water partition coefficient (Wildman–Crippen LogP) is 6.08. The van der Waals surface area contributed by atoms with Crippen molar-refractivity contribution in [1.29, 1.82) is 0 Å². The molecule has 8 heteroatoms. The van der Waals surface area contributed by atoms with Crippen LogP contribution in [0.1, 0.15) is 21.5 Å². The van der Waals surface area contributed by atoms with E-state index in [0.717, 1.165) is 15.6 Å². The molecule has 3 aromatic carbocycles. The summed E-state index contributed by atoms with van der Waals surface area (Å²) in [7, 11) is 0. The number of H-pyrrole nitrogens is 1. The van der Waals surface area contributed by atoms with Gasteiger partial charge in [-0.05, 0) is 72.7 Å². The highest BCUT2D eigenvalue weighted by Gasteiger charge is 2.12. The molecule has 0 spiro atoms. The van der Waals surface area contributed by atoms with Gasteiger partial charge in [0.2, 0.25) is 0 Å². The van der Waals surface area contributed by atoms with Gasteiger partial charge in [0.25, 0.3) is 11.5 Å². The molecule has 0 radical (unpaired) electrons.